The maximum atomic E-state index is 13.9. The Morgan fingerprint density at radius 3 is 2.47 bits per heavy atom. The van der Waals surface area contributed by atoms with E-state index in [2.05, 4.69) is 34.8 Å². The van der Waals surface area contributed by atoms with Gasteiger partial charge in [0.05, 0.1) is 0 Å². The second-order valence-electron chi connectivity index (χ2n) is 4.57. The summed E-state index contributed by atoms with van der Waals surface area (Å²) >= 11 is 3.21. The van der Waals surface area contributed by atoms with Crippen LogP contribution in [0.4, 0.5) is 4.39 Å². The van der Waals surface area contributed by atoms with E-state index in [4.69, 9.17) is 0 Å². The Balaban J connectivity index is 2.60. The first-order valence-electron chi connectivity index (χ1n) is 5.37. The molecule has 1 aliphatic rings. The third kappa shape index (κ3) is 1.94. The smallest absolute Gasteiger partial charge is 0.159 e. The molecule has 0 spiro atoms. The summed E-state index contributed by atoms with van der Waals surface area (Å²) in [5, 5.41) is 0. The Kier molecular flexibility index (Phi) is 2.84. The molecule has 0 N–H and O–H groups in total. The van der Waals surface area contributed by atoms with Crippen molar-refractivity contribution in [1.82, 2.24) is 4.98 Å². The van der Waals surface area contributed by atoms with Crippen molar-refractivity contribution in [3.8, 4) is 0 Å². The van der Waals surface area contributed by atoms with Crippen molar-refractivity contribution in [1.29, 1.82) is 0 Å². The van der Waals surface area contributed by atoms with Gasteiger partial charge in [0.15, 0.2) is 5.82 Å². The van der Waals surface area contributed by atoms with Crippen molar-refractivity contribution in [3.63, 3.8) is 0 Å². The van der Waals surface area contributed by atoms with E-state index >= 15 is 0 Å². The first kappa shape index (κ1) is 11.1. The summed E-state index contributed by atoms with van der Waals surface area (Å²) in [7, 11) is 0. The Bertz CT molecular complexity index is 397. The van der Waals surface area contributed by atoms with Crippen LogP contribution in [0.3, 0.4) is 0 Å². The summed E-state index contributed by atoms with van der Waals surface area (Å²) in [4.78, 5) is 4.28. The molecule has 3 heteroatoms. The zero-order valence-electron chi connectivity index (χ0n) is 9.27. The van der Waals surface area contributed by atoms with Gasteiger partial charge in [-0.05, 0) is 58.7 Å². The minimum absolute atomic E-state index is 0.153. The number of aromatic nitrogens is 1. The van der Waals surface area contributed by atoms with E-state index < -0.39 is 0 Å². The fraction of sp³-hybridized carbons (Fsp3) is 0.583. The minimum atomic E-state index is -0.153. The normalized spacial score (nSPS) is 16.1. The second-order valence-corrected chi connectivity index (χ2v) is 5.32. The third-order valence-corrected chi connectivity index (χ3v) is 3.48. The van der Waals surface area contributed by atoms with E-state index in [0.717, 1.165) is 29.7 Å². The molecule has 0 radical (unpaired) electrons. The number of hydrogen-bond acceptors (Lipinski definition) is 1. The first-order valence-corrected chi connectivity index (χ1v) is 6.17. The lowest BCUT2D eigenvalue weighted by atomic mass is 9.97. The van der Waals surface area contributed by atoms with Crippen LogP contribution < -0.4 is 0 Å². The summed E-state index contributed by atoms with van der Waals surface area (Å²) < 4.78 is 14.3. The number of halogens is 2. The summed E-state index contributed by atoms with van der Waals surface area (Å²) in [6, 6.07) is 0. The Morgan fingerprint density at radius 1 is 1.40 bits per heavy atom. The molecule has 82 valence electrons. The molecule has 1 heterocycles. The number of rotatable bonds is 2. The highest BCUT2D eigenvalue weighted by atomic mass is 79.9. The molecule has 1 fully saturated rings. The first-order chi connectivity index (χ1) is 7.02. The highest BCUT2D eigenvalue weighted by Crippen LogP contribution is 2.45. The summed E-state index contributed by atoms with van der Waals surface area (Å²) in [6.07, 6.45) is 2.23. The Labute approximate surface area is 98.2 Å². The van der Waals surface area contributed by atoms with Gasteiger partial charge in [-0.3, -0.25) is 0 Å². The SMILES string of the molecule is Cc1c(C(C)C)nc(Br)c(F)c1C1CC1. The molecule has 0 bridgehead atoms. The molecule has 15 heavy (non-hydrogen) atoms. The molecule has 1 saturated carbocycles. The number of nitrogens with zero attached hydrogens (tertiary/aromatic N) is 1. The van der Waals surface area contributed by atoms with Gasteiger partial charge in [-0.15, -0.1) is 0 Å². The molecule has 1 aliphatic carbocycles. The van der Waals surface area contributed by atoms with Gasteiger partial charge in [-0.2, -0.15) is 0 Å². The van der Waals surface area contributed by atoms with Crippen LogP contribution in [-0.4, -0.2) is 4.98 Å². The van der Waals surface area contributed by atoms with Crippen molar-refractivity contribution in [3.05, 3.63) is 27.2 Å². The van der Waals surface area contributed by atoms with E-state index in [1.54, 1.807) is 0 Å². The standard InChI is InChI=1S/C12H15BrFN/c1-6(2)11-7(3)9(8-4-5-8)10(14)12(13)15-11/h6,8H,4-5H2,1-3H3. The molecular formula is C12H15BrFN. The monoisotopic (exact) mass is 271 g/mol. The highest BCUT2D eigenvalue weighted by molar-refractivity contribution is 9.10. The van der Waals surface area contributed by atoms with Gasteiger partial charge in [0.25, 0.3) is 0 Å². The molecule has 2 rings (SSSR count). The van der Waals surface area contributed by atoms with E-state index in [-0.39, 0.29) is 5.82 Å². The van der Waals surface area contributed by atoms with Crippen LogP contribution in [0.2, 0.25) is 0 Å². The van der Waals surface area contributed by atoms with Crippen LogP contribution in [0.15, 0.2) is 4.60 Å². The molecule has 0 amide bonds. The predicted molar refractivity (Wildman–Crippen MR) is 62.7 cm³/mol. The lowest BCUT2D eigenvalue weighted by Gasteiger charge is -2.14. The number of pyridine rings is 1. The van der Waals surface area contributed by atoms with Gasteiger partial charge >= 0.3 is 0 Å². The van der Waals surface area contributed by atoms with Crippen molar-refractivity contribution >= 4 is 15.9 Å². The highest BCUT2D eigenvalue weighted by Gasteiger charge is 2.31. The fourth-order valence-corrected chi connectivity index (χ4v) is 2.48. The van der Waals surface area contributed by atoms with E-state index in [1.165, 1.54) is 0 Å². The molecule has 0 aromatic carbocycles. The van der Waals surface area contributed by atoms with Crippen LogP contribution in [0.25, 0.3) is 0 Å². The van der Waals surface area contributed by atoms with Crippen LogP contribution in [0.5, 0.6) is 0 Å². The fourth-order valence-electron chi connectivity index (χ4n) is 2.07. The molecule has 1 aromatic rings. The number of hydrogen-bond donors (Lipinski definition) is 0. The molecule has 0 atom stereocenters. The lowest BCUT2D eigenvalue weighted by molar-refractivity contribution is 0.587. The molecule has 1 aromatic heterocycles. The van der Waals surface area contributed by atoms with Crippen molar-refractivity contribution in [2.75, 3.05) is 0 Å². The van der Waals surface area contributed by atoms with Gasteiger partial charge in [0, 0.05) is 5.69 Å². The summed E-state index contributed by atoms with van der Waals surface area (Å²) in [6.45, 7) is 6.18. The largest absolute Gasteiger partial charge is 0.242 e. The summed E-state index contributed by atoms with van der Waals surface area (Å²) in [5.41, 5.74) is 2.96. The van der Waals surface area contributed by atoms with Crippen LogP contribution in [-0.2, 0) is 0 Å². The quantitative estimate of drug-likeness (QED) is 0.732. The second kappa shape index (κ2) is 3.85. The maximum absolute atomic E-state index is 13.9. The molecule has 0 aliphatic heterocycles. The Morgan fingerprint density at radius 2 is 2.00 bits per heavy atom. The Hall–Kier alpha value is -0.440. The van der Waals surface area contributed by atoms with E-state index in [9.17, 15) is 4.39 Å². The average molecular weight is 272 g/mol. The zero-order chi connectivity index (χ0) is 11.2. The third-order valence-electron chi connectivity index (χ3n) is 2.96. The molecule has 0 saturated heterocycles. The van der Waals surface area contributed by atoms with Gasteiger partial charge < -0.3 is 0 Å². The van der Waals surface area contributed by atoms with Crippen LogP contribution in [0.1, 0.15) is 55.3 Å². The topological polar surface area (TPSA) is 12.9 Å². The van der Waals surface area contributed by atoms with Crippen molar-refractivity contribution < 1.29 is 4.39 Å². The maximum Gasteiger partial charge on any atom is 0.159 e. The predicted octanol–water partition coefficient (Wildman–Crippen LogP) is 4.29. The van der Waals surface area contributed by atoms with Gasteiger partial charge in [0.1, 0.15) is 4.60 Å². The van der Waals surface area contributed by atoms with Gasteiger partial charge in [-0.25, -0.2) is 9.37 Å². The molecule has 1 nitrogen and oxygen atoms in total. The van der Waals surface area contributed by atoms with Crippen molar-refractivity contribution in [2.24, 2.45) is 0 Å². The zero-order valence-corrected chi connectivity index (χ0v) is 10.9. The van der Waals surface area contributed by atoms with Gasteiger partial charge in [0.2, 0.25) is 0 Å². The van der Waals surface area contributed by atoms with Crippen LogP contribution >= 0.6 is 15.9 Å². The minimum Gasteiger partial charge on any atom is -0.242 e. The molecular weight excluding hydrogens is 257 g/mol. The lowest BCUT2D eigenvalue weighted by Crippen LogP contribution is -2.05. The van der Waals surface area contributed by atoms with Crippen molar-refractivity contribution in [2.45, 2.75) is 45.4 Å². The van der Waals surface area contributed by atoms with Crippen LogP contribution in [0, 0.1) is 12.7 Å². The molecule has 0 unspecified atom stereocenters. The summed E-state index contributed by atoms with van der Waals surface area (Å²) in [5.74, 6) is 0.626. The van der Waals surface area contributed by atoms with E-state index in [1.807, 2.05) is 6.92 Å². The van der Waals surface area contributed by atoms with E-state index in [0.29, 0.717) is 16.4 Å². The average Bonchev–Trinajstić information content (AvgIpc) is 2.95. The van der Waals surface area contributed by atoms with Gasteiger partial charge in [-0.1, -0.05) is 13.8 Å².